The third-order valence-electron chi connectivity index (χ3n) is 3.79. The van der Waals surface area contributed by atoms with Crippen LogP contribution in [0.5, 0.6) is 0 Å². The summed E-state index contributed by atoms with van der Waals surface area (Å²) in [5, 5.41) is 7.04. The van der Waals surface area contributed by atoms with Crippen molar-refractivity contribution < 1.29 is 9.53 Å². The van der Waals surface area contributed by atoms with Crippen molar-refractivity contribution in [1.29, 1.82) is 0 Å². The quantitative estimate of drug-likeness (QED) is 0.932. The summed E-state index contributed by atoms with van der Waals surface area (Å²) < 4.78 is 5.43. The zero-order valence-electron chi connectivity index (χ0n) is 12.1. The lowest BCUT2D eigenvalue weighted by molar-refractivity contribution is 0.0684. The average molecular weight is 286 g/mol. The Labute approximate surface area is 123 Å². The molecule has 3 rings (SSSR count). The molecule has 1 aromatic carbocycles. The first-order valence-electron chi connectivity index (χ1n) is 6.96. The third kappa shape index (κ3) is 2.67. The zero-order valence-corrected chi connectivity index (χ0v) is 12.1. The van der Waals surface area contributed by atoms with Gasteiger partial charge in [-0.2, -0.15) is 5.10 Å². The van der Waals surface area contributed by atoms with Crippen molar-refractivity contribution in [3.63, 3.8) is 0 Å². The molecule has 0 bridgehead atoms. The van der Waals surface area contributed by atoms with Crippen LogP contribution in [0.4, 0.5) is 0 Å². The maximum absolute atomic E-state index is 12.7. The summed E-state index contributed by atoms with van der Waals surface area (Å²) in [6, 6.07) is 9.12. The first kappa shape index (κ1) is 13.8. The SMILES string of the molecule is CO[C@H]1C[C@@H](c2n[nH]c(C)n2)N(C(=O)c2ccccc2)C1. The van der Waals surface area contributed by atoms with Gasteiger partial charge < -0.3 is 9.64 Å². The molecule has 0 saturated carbocycles. The minimum atomic E-state index is -0.146. The van der Waals surface area contributed by atoms with E-state index in [0.717, 1.165) is 5.82 Å². The zero-order chi connectivity index (χ0) is 14.8. The Morgan fingerprint density at radius 1 is 1.38 bits per heavy atom. The van der Waals surface area contributed by atoms with E-state index in [1.807, 2.05) is 37.3 Å². The molecular weight excluding hydrogens is 268 g/mol. The molecule has 1 amide bonds. The van der Waals surface area contributed by atoms with E-state index in [2.05, 4.69) is 15.2 Å². The van der Waals surface area contributed by atoms with Crippen molar-refractivity contribution >= 4 is 5.91 Å². The van der Waals surface area contributed by atoms with Crippen molar-refractivity contribution in [3.8, 4) is 0 Å². The maximum Gasteiger partial charge on any atom is 0.254 e. The van der Waals surface area contributed by atoms with E-state index in [0.29, 0.717) is 24.4 Å². The Kier molecular flexibility index (Phi) is 3.70. The van der Waals surface area contributed by atoms with Crippen LogP contribution in [0, 0.1) is 6.92 Å². The number of benzene rings is 1. The van der Waals surface area contributed by atoms with E-state index in [-0.39, 0.29) is 18.1 Å². The smallest absolute Gasteiger partial charge is 0.254 e. The largest absolute Gasteiger partial charge is 0.380 e. The second-order valence-corrected chi connectivity index (χ2v) is 5.21. The van der Waals surface area contributed by atoms with Crippen molar-refractivity contribution in [2.24, 2.45) is 0 Å². The number of nitrogens with zero attached hydrogens (tertiary/aromatic N) is 3. The molecule has 21 heavy (non-hydrogen) atoms. The Morgan fingerprint density at radius 3 is 2.76 bits per heavy atom. The number of hydrogen-bond acceptors (Lipinski definition) is 4. The van der Waals surface area contributed by atoms with Crippen molar-refractivity contribution in [2.75, 3.05) is 13.7 Å². The Bertz CT molecular complexity index is 626. The normalized spacial score (nSPS) is 21.7. The van der Waals surface area contributed by atoms with E-state index in [9.17, 15) is 4.79 Å². The Morgan fingerprint density at radius 2 is 2.14 bits per heavy atom. The number of nitrogens with one attached hydrogen (secondary N) is 1. The van der Waals surface area contributed by atoms with E-state index in [1.54, 1.807) is 12.0 Å². The Balaban J connectivity index is 1.89. The molecule has 1 aliphatic heterocycles. The van der Waals surface area contributed by atoms with Crippen molar-refractivity contribution in [2.45, 2.75) is 25.5 Å². The number of rotatable bonds is 3. The van der Waals surface area contributed by atoms with E-state index < -0.39 is 0 Å². The van der Waals surface area contributed by atoms with Gasteiger partial charge in [0.1, 0.15) is 5.82 Å². The van der Waals surface area contributed by atoms with Gasteiger partial charge in [-0.25, -0.2) is 4.98 Å². The minimum absolute atomic E-state index is 0.0115. The average Bonchev–Trinajstić information content (AvgIpc) is 3.13. The van der Waals surface area contributed by atoms with Crippen molar-refractivity contribution in [1.82, 2.24) is 20.1 Å². The second-order valence-electron chi connectivity index (χ2n) is 5.21. The fraction of sp³-hybridized carbons (Fsp3) is 0.400. The summed E-state index contributed by atoms with van der Waals surface area (Å²) in [6.45, 7) is 2.41. The summed E-state index contributed by atoms with van der Waals surface area (Å²) >= 11 is 0. The maximum atomic E-state index is 12.7. The van der Waals surface area contributed by atoms with Gasteiger partial charge in [-0.3, -0.25) is 9.89 Å². The molecule has 2 aromatic rings. The lowest BCUT2D eigenvalue weighted by Gasteiger charge is -2.22. The van der Waals surface area contributed by atoms with E-state index >= 15 is 0 Å². The van der Waals surface area contributed by atoms with Crippen LogP contribution >= 0.6 is 0 Å². The summed E-state index contributed by atoms with van der Waals surface area (Å²) in [4.78, 5) is 18.9. The molecule has 2 heterocycles. The number of aromatic amines is 1. The standard InChI is InChI=1S/C15H18N4O2/c1-10-16-14(18-17-10)13-8-12(21-2)9-19(13)15(20)11-6-4-3-5-7-11/h3-7,12-13H,8-9H2,1-2H3,(H,16,17,18)/t12-,13-/m0/s1. The molecule has 1 fully saturated rings. The first-order valence-corrected chi connectivity index (χ1v) is 6.96. The second kappa shape index (κ2) is 5.65. The number of aryl methyl sites for hydroxylation is 1. The topological polar surface area (TPSA) is 71.1 Å². The first-order chi connectivity index (χ1) is 10.2. The summed E-state index contributed by atoms with van der Waals surface area (Å²) in [6.07, 6.45) is 0.730. The third-order valence-corrected chi connectivity index (χ3v) is 3.79. The van der Waals surface area contributed by atoms with E-state index in [1.165, 1.54) is 0 Å². The molecule has 1 saturated heterocycles. The van der Waals surface area contributed by atoms with Crippen LogP contribution in [-0.2, 0) is 4.74 Å². The highest BCUT2D eigenvalue weighted by molar-refractivity contribution is 5.94. The Hall–Kier alpha value is -2.21. The van der Waals surface area contributed by atoms with Gasteiger partial charge in [-0.05, 0) is 19.1 Å². The highest BCUT2D eigenvalue weighted by atomic mass is 16.5. The molecule has 1 N–H and O–H groups in total. The number of hydrogen-bond donors (Lipinski definition) is 1. The molecular formula is C15H18N4O2. The molecule has 110 valence electrons. The number of carbonyl (C=O) groups is 1. The number of aromatic nitrogens is 3. The predicted molar refractivity (Wildman–Crippen MR) is 76.8 cm³/mol. The van der Waals surface area contributed by atoms with Crippen LogP contribution in [0.1, 0.15) is 34.5 Å². The summed E-state index contributed by atoms with van der Waals surface area (Å²) in [7, 11) is 1.67. The number of likely N-dealkylation sites (tertiary alicyclic amines) is 1. The number of methoxy groups -OCH3 is 1. The van der Waals surface area contributed by atoms with E-state index in [4.69, 9.17) is 4.74 Å². The van der Waals surface area contributed by atoms with Gasteiger partial charge in [0.25, 0.3) is 5.91 Å². The monoisotopic (exact) mass is 286 g/mol. The number of amides is 1. The van der Waals surface area contributed by atoms with Gasteiger partial charge >= 0.3 is 0 Å². The molecule has 2 atom stereocenters. The summed E-state index contributed by atoms with van der Waals surface area (Å²) in [5.74, 6) is 1.39. The number of carbonyl (C=O) groups excluding carboxylic acids is 1. The molecule has 6 heteroatoms. The summed E-state index contributed by atoms with van der Waals surface area (Å²) in [5.41, 5.74) is 0.673. The van der Waals surface area contributed by atoms with Crippen LogP contribution in [0.15, 0.2) is 30.3 Å². The molecule has 1 aromatic heterocycles. The van der Waals surface area contributed by atoms with Gasteiger partial charge in [-0.15, -0.1) is 0 Å². The lowest BCUT2D eigenvalue weighted by atomic mass is 10.1. The van der Waals surface area contributed by atoms with Crippen LogP contribution in [0.25, 0.3) is 0 Å². The molecule has 0 unspecified atom stereocenters. The van der Waals surface area contributed by atoms with Crippen LogP contribution in [0.3, 0.4) is 0 Å². The fourth-order valence-corrected chi connectivity index (χ4v) is 2.69. The molecule has 0 spiro atoms. The van der Waals surface area contributed by atoms with Crippen LogP contribution < -0.4 is 0 Å². The van der Waals surface area contributed by atoms with Gasteiger partial charge in [0.05, 0.1) is 12.1 Å². The highest BCUT2D eigenvalue weighted by Crippen LogP contribution is 2.32. The molecule has 1 aliphatic rings. The molecule has 0 radical (unpaired) electrons. The number of H-pyrrole nitrogens is 1. The van der Waals surface area contributed by atoms with Gasteiger partial charge in [0, 0.05) is 25.6 Å². The number of ether oxygens (including phenoxy) is 1. The lowest BCUT2D eigenvalue weighted by Crippen LogP contribution is -2.32. The fourth-order valence-electron chi connectivity index (χ4n) is 2.69. The molecule has 6 nitrogen and oxygen atoms in total. The minimum Gasteiger partial charge on any atom is -0.380 e. The van der Waals surface area contributed by atoms with Crippen LogP contribution in [0.2, 0.25) is 0 Å². The van der Waals surface area contributed by atoms with Gasteiger partial charge in [0.15, 0.2) is 5.82 Å². The van der Waals surface area contributed by atoms with Crippen molar-refractivity contribution in [3.05, 3.63) is 47.5 Å². The van der Waals surface area contributed by atoms with Gasteiger partial charge in [-0.1, -0.05) is 18.2 Å². The highest BCUT2D eigenvalue weighted by Gasteiger charge is 2.38. The van der Waals surface area contributed by atoms with Gasteiger partial charge in [0.2, 0.25) is 0 Å². The predicted octanol–water partition coefficient (Wildman–Crippen LogP) is 1.72. The van der Waals surface area contributed by atoms with Crippen LogP contribution in [-0.4, -0.2) is 45.7 Å². The molecule has 0 aliphatic carbocycles.